The first-order valence-corrected chi connectivity index (χ1v) is 11.2. The Balaban J connectivity index is 1.47. The molecule has 0 aromatic heterocycles. The van der Waals surface area contributed by atoms with Gasteiger partial charge in [-0.15, -0.1) is 0 Å². The number of aliphatic carboxylic acids is 1. The number of hydrogen-bond donors (Lipinski definition) is 2. The molecule has 0 atom stereocenters. The third kappa shape index (κ3) is 5.01. The van der Waals surface area contributed by atoms with E-state index in [0.717, 1.165) is 33.2 Å². The minimum Gasteiger partial charge on any atom is -0.480 e. The van der Waals surface area contributed by atoms with Gasteiger partial charge in [0.05, 0.1) is 5.56 Å². The van der Waals surface area contributed by atoms with E-state index in [1.807, 2.05) is 48.5 Å². The molecule has 0 saturated carbocycles. The Morgan fingerprint density at radius 3 is 2.17 bits per heavy atom. The Kier molecular flexibility index (Phi) is 6.82. The van der Waals surface area contributed by atoms with Crippen LogP contribution in [0.25, 0.3) is 11.1 Å². The van der Waals surface area contributed by atoms with E-state index in [0.29, 0.717) is 0 Å². The Morgan fingerprint density at radius 1 is 1.00 bits per heavy atom. The quantitative estimate of drug-likeness (QED) is 0.493. The zero-order valence-corrected chi connectivity index (χ0v) is 19.3. The molecule has 2 amide bonds. The van der Waals surface area contributed by atoms with Gasteiger partial charge >= 0.3 is 12.1 Å². The number of carbonyl (C=O) groups is 3. The molecule has 0 saturated heterocycles. The molecular formula is C27H25FN2O5. The summed E-state index contributed by atoms with van der Waals surface area (Å²) < 4.78 is 19.9. The van der Waals surface area contributed by atoms with Gasteiger partial charge < -0.3 is 14.7 Å². The molecular weight excluding hydrogens is 451 g/mol. The van der Waals surface area contributed by atoms with Gasteiger partial charge in [0.1, 0.15) is 19.0 Å². The highest BCUT2D eigenvalue weighted by molar-refractivity contribution is 5.98. The van der Waals surface area contributed by atoms with E-state index >= 15 is 0 Å². The average Bonchev–Trinajstić information content (AvgIpc) is 3.15. The van der Waals surface area contributed by atoms with Crippen molar-refractivity contribution in [3.63, 3.8) is 0 Å². The minimum absolute atomic E-state index is 0.104. The first-order chi connectivity index (χ1) is 16.8. The van der Waals surface area contributed by atoms with E-state index in [-0.39, 0.29) is 23.8 Å². The third-order valence-corrected chi connectivity index (χ3v) is 5.98. The van der Waals surface area contributed by atoms with Crippen LogP contribution in [0.1, 0.15) is 41.3 Å². The predicted molar refractivity (Wildman–Crippen MR) is 129 cm³/mol. The van der Waals surface area contributed by atoms with Gasteiger partial charge in [0.2, 0.25) is 0 Å². The molecule has 180 valence electrons. The highest BCUT2D eigenvalue weighted by atomic mass is 19.1. The number of nitrogens with one attached hydrogen (secondary N) is 1. The summed E-state index contributed by atoms with van der Waals surface area (Å²) in [7, 11) is 0. The number of amides is 2. The molecule has 1 aliphatic carbocycles. The van der Waals surface area contributed by atoms with E-state index in [9.17, 15) is 18.8 Å². The Bertz CT molecular complexity index is 1240. The highest BCUT2D eigenvalue weighted by Gasteiger charge is 2.29. The van der Waals surface area contributed by atoms with Crippen LogP contribution in [0, 0.1) is 5.82 Å². The number of carbonyl (C=O) groups excluding carboxylic acids is 2. The number of carboxylic acid groups (broad SMARTS) is 1. The van der Waals surface area contributed by atoms with Gasteiger partial charge in [-0.2, -0.15) is 0 Å². The van der Waals surface area contributed by atoms with Crippen LogP contribution in [-0.4, -0.2) is 47.2 Å². The Morgan fingerprint density at radius 2 is 1.60 bits per heavy atom. The average molecular weight is 477 g/mol. The summed E-state index contributed by atoms with van der Waals surface area (Å²) in [5.41, 5.74) is 4.18. The van der Waals surface area contributed by atoms with Crippen molar-refractivity contribution < 1.29 is 28.6 Å². The normalized spacial score (nSPS) is 12.1. The van der Waals surface area contributed by atoms with Crippen LogP contribution in [0.2, 0.25) is 0 Å². The molecule has 3 aromatic rings. The van der Waals surface area contributed by atoms with Gasteiger partial charge in [-0.25, -0.2) is 9.18 Å². The van der Waals surface area contributed by atoms with Crippen LogP contribution in [0.15, 0.2) is 66.7 Å². The van der Waals surface area contributed by atoms with Crippen LogP contribution in [0.3, 0.4) is 0 Å². The monoisotopic (exact) mass is 476 g/mol. The lowest BCUT2D eigenvalue weighted by atomic mass is 9.98. The maximum absolute atomic E-state index is 14.4. The van der Waals surface area contributed by atoms with Crippen molar-refractivity contribution in [3.05, 3.63) is 89.2 Å². The lowest BCUT2D eigenvalue weighted by molar-refractivity contribution is -0.138. The number of hydrogen-bond acceptors (Lipinski definition) is 4. The lowest BCUT2D eigenvalue weighted by Gasteiger charge is -2.25. The third-order valence-electron chi connectivity index (χ3n) is 5.98. The van der Waals surface area contributed by atoms with Crippen LogP contribution in [-0.2, 0) is 9.53 Å². The van der Waals surface area contributed by atoms with Crippen molar-refractivity contribution >= 4 is 23.7 Å². The Labute approximate surface area is 202 Å². The molecule has 8 heteroatoms. The van der Waals surface area contributed by atoms with E-state index in [4.69, 9.17) is 9.84 Å². The maximum Gasteiger partial charge on any atom is 0.411 e. The second-order valence-electron chi connectivity index (χ2n) is 8.57. The molecule has 1 aliphatic rings. The number of halogens is 1. The maximum atomic E-state index is 14.4. The lowest BCUT2D eigenvalue weighted by Crippen LogP contribution is -2.41. The van der Waals surface area contributed by atoms with Gasteiger partial charge in [0, 0.05) is 17.6 Å². The predicted octanol–water partition coefficient (Wildman–Crippen LogP) is 5.12. The molecule has 4 rings (SSSR count). The molecule has 0 bridgehead atoms. The summed E-state index contributed by atoms with van der Waals surface area (Å²) >= 11 is 0. The fraction of sp³-hybridized carbons (Fsp3) is 0.222. The van der Waals surface area contributed by atoms with Gasteiger partial charge in [-0.1, -0.05) is 48.5 Å². The van der Waals surface area contributed by atoms with Crippen molar-refractivity contribution in [1.29, 1.82) is 0 Å². The molecule has 0 aliphatic heterocycles. The van der Waals surface area contributed by atoms with Gasteiger partial charge in [0.15, 0.2) is 0 Å². The standard InChI is InChI=1S/C27H25FN2O5/c1-16(2)30(14-25(31)32)26(33)22-13-17(11-12-24(22)28)29-27(34)35-15-23-20-9-5-3-7-18(20)19-8-4-6-10-21(19)23/h3-13,16,23H,14-15H2,1-2H3,(H,29,34)(H,31,32). The summed E-state index contributed by atoms with van der Waals surface area (Å²) in [6.07, 6.45) is -0.747. The van der Waals surface area contributed by atoms with Crippen molar-refractivity contribution in [1.82, 2.24) is 4.90 Å². The molecule has 0 radical (unpaired) electrons. The largest absolute Gasteiger partial charge is 0.480 e. The van der Waals surface area contributed by atoms with Crippen molar-refractivity contribution in [2.24, 2.45) is 0 Å². The van der Waals surface area contributed by atoms with Gasteiger partial charge in [-0.05, 0) is 54.3 Å². The number of anilines is 1. The molecule has 35 heavy (non-hydrogen) atoms. The fourth-order valence-electron chi connectivity index (χ4n) is 4.31. The molecule has 0 spiro atoms. The van der Waals surface area contributed by atoms with Gasteiger partial charge in [-0.3, -0.25) is 14.9 Å². The smallest absolute Gasteiger partial charge is 0.411 e. The van der Waals surface area contributed by atoms with E-state index < -0.39 is 36.4 Å². The number of benzene rings is 3. The van der Waals surface area contributed by atoms with Crippen molar-refractivity contribution in [3.8, 4) is 11.1 Å². The first kappa shape index (κ1) is 23.9. The first-order valence-electron chi connectivity index (χ1n) is 11.2. The summed E-state index contributed by atoms with van der Waals surface area (Å²) in [6, 6.07) is 19.0. The van der Waals surface area contributed by atoms with Gasteiger partial charge in [0.25, 0.3) is 5.91 Å². The molecule has 0 unspecified atom stereocenters. The molecule has 2 N–H and O–H groups in total. The van der Waals surface area contributed by atoms with Crippen molar-refractivity contribution in [2.45, 2.75) is 25.8 Å². The van der Waals surface area contributed by atoms with E-state index in [1.54, 1.807) is 13.8 Å². The summed E-state index contributed by atoms with van der Waals surface area (Å²) in [5.74, 6) is -2.92. The summed E-state index contributed by atoms with van der Waals surface area (Å²) in [4.78, 5) is 37.5. The van der Waals surface area contributed by atoms with Crippen molar-refractivity contribution in [2.75, 3.05) is 18.5 Å². The highest BCUT2D eigenvalue weighted by Crippen LogP contribution is 2.44. The van der Waals surface area contributed by atoms with Crippen LogP contribution in [0.4, 0.5) is 14.9 Å². The number of carboxylic acids is 1. The van der Waals surface area contributed by atoms with Crippen LogP contribution < -0.4 is 5.32 Å². The molecule has 3 aromatic carbocycles. The Hall–Kier alpha value is -4.20. The number of ether oxygens (including phenoxy) is 1. The molecule has 0 fully saturated rings. The summed E-state index contributed by atoms with van der Waals surface area (Å²) in [6.45, 7) is 2.81. The van der Waals surface area contributed by atoms with E-state index in [2.05, 4.69) is 5.32 Å². The number of fused-ring (bicyclic) bond motifs is 3. The fourth-order valence-corrected chi connectivity index (χ4v) is 4.31. The molecule has 0 heterocycles. The second-order valence-corrected chi connectivity index (χ2v) is 8.57. The minimum atomic E-state index is -1.21. The number of rotatable bonds is 7. The topological polar surface area (TPSA) is 95.9 Å². The number of nitrogens with zero attached hydrogens (tertiary/aromatic N) is 1. The zero-order chi connectivity index (χ0) is 25.1. The van der Waals surface area contributed by atoms with E-state index in [1.165, 1.54) is 12.1 Å². The van der Waals surface area contributed by atoms with Crippen LogP contribution in [0.5, 0.6) is 0 Å². The zero-order valence-electron chi connectivity index (χ0n) is 19.3. The second kappa shape index (κ2) is 9.97. The SMILES string of the molecule is CC(C)N(CC(=O)O)C(=O)c1cc(NC(=O)OCC2c3ccccc3-c3ccccc32)ccc1F. The van der Waals surface area contributed by atoms with Crippen LogP contribution >= 0.6 is 0 Å². The molecule has 7 nitrogen and oxygen atoms in total. The summed E-state index contributed by atoms with van der Waals surface area (Å²) in [5, 5.41) is 11.6.